The highest BCUT2D eigenvalue weighted by Gasteiger charge is 2.32. The molecule has 1 heterocycles. The lowest BCUT2D eigenvalue weighted by Crippen LogP contribution is -2.50. The molecular weight excluding hydrogens is 508 g/mol. The van der Waals surface area contributed by atoms with Crippen molar-refractivity contribution in [1.29, 1.82) is 0 Å². The van der Waals surface area contributed by atoms with Crippen molar-refractivity contribution in [2.75, 3.05) is 41.0 Å². The zero-order chi connectivity index (χ0) is 25.1. The van der Waals surface area contributed by atoms with Gasteiger partial charge in [-0.25, -0.2) is 0 Å². The van der Waals surface area contributed by atoms with Crippen molar-refractivity contribution < 1.29 is 19.0 Å². The monoisotopic (exact) mass is 542 g/mol. The Hall–Kier alpha value is -2.51. The Kier molecular flexibility index (Phi) is 8.07. The number of carbonyl (C=O) groups is 1. The number of likely N-dealkylation sites (N-methyl/N-ethyl adjacent to an activating group) is 1. The summed E-state index contributed by atoms with van der Waals surface area (Å²) in [5.74, 6) is 2.41. The fourth-order valence-electron chi connectivity index (χ4n) is 5.26. The van der Waals surface area contributed by atoms with Gasteiger partial charge in [0.15, 0.2) is 11.5 Å². The number of carbonyl (C=O) groups excluding carboxylic acids is 1. The van der Waals surface area contributed by atoms with Crippen molar-refractivity contribution in [3.8, 4) is 17.2 Å². The highest BCUT2D eigenvalue weighted by Crippen LogP contribution is 2.43. The molecule has 0 N–H and O–H groups in total. The van der Waals surface area contributed by atoms with Gasteiger partial charge in [0, 0.05) is 24.1 Å². The number of nitrogens with zero attached hydrogens (tertiary/aromatic N) is 2. The molecule has 0 saturated carbocycles. The normalized spacial score (nSPS) is 16.5. The minimum Gasteiger partial charge on any atom is -0.497 e. The molecule has 0 radical (unpaired) electrons. The van der Waals surface area contributed by atoms with Crippen LogP contribution in [0.25, 0.3) is 21.5 Å². The average molecular weight is 544 g/mol. The number of piperidine rings is 1. The third kappa shape index (κ3) is 4.81. The van der Waals surface area contributed by atoms with E-state index in [1.165, 1.54) is 0 Å². The quantitative estimate of drug-likeness (QED) is 0.326. The van der Waals surface area contributed by atoms with E-state index in [0.717, 1.165) is 76.2 Å². The SMILES string of the molecule is CCN(CC)C(=O)[C@@H]1CCCCN1Cc1c(Br)c2ccc(OC)cc2c2cc(OC)c(OC)cc12. The van der Waals surface area contributed by atoms with Crippen LogP contribution in [-0.2, 0) is 11.3 Å². The Morgan fingerprint density at radius 3 is 2.23 bits per heavy atom. The second kappa shape index (κ2) is 11.0. The van der Waals surface area contributed by atoms with Gasteiger partial charge >= 0.3 is 0 Å². The molecule has 3 aromatic rings. The number of methoxy groups -OCH3 is 3. The Morgan fingerprint density at radius 2 is 1.60 bits per heavy atom. The first-order chi connectivity index (χ1) is 17.0. The van der Waals surface area contributed by atoms with E-state index in [2.05, 4.69) is 52.9 Å². The van der Waals surface area contributed by atoms with Gasteiger partial charge in [-0.3, -0.25) is 9.69 Å². The van der Waals surface area contributed by atoms with Crippen LogP contribution in [0.2, 0.25) is 0 Å². The lowest BCUT2D eigenvalue weighted by atomic mass is 9.94. The molecule has 1 saturated heterocycles. The van der Waals surface area contributed by atoms with E-state index >= 15 is 0 Å². The first-order valence-corrected chi connectivity index (χ1v) is 13.1. The molecule has 0 unspecified atom stereocenters. The van der Waals surface area contributed by atoms with Crippen LogP contribution in [0.5, 0.6) is 17.2 Å². The Morgan fingerprint density at radius 1 is 0.943 bits per heavy atom. The largest absolute Gasteiger partial charge is 0.497 e. The Labute approximate surface area is 216 Å². The summed E-state index contributed by atoms with van der Waals surface area (Å²) in [5.41, 5.74) is 1.15. The highest BCUT2D eigenvalue weighted by molar-refractivity contribution is 9.10. The topological polar surface area (TPSA) is 51.2 Å². The van der Waals surface area contributed by atoms with E-state index in [-0.39, 0.29) is 11.9 Å². The summed E-state index contributed by atoms with van der Waals surface area (Å²) < 4.78 is 17.9. The fourth-order valence-corrected chi connectivity index (χ4v) is 5.95. The third-order valence-electron chi connectivity index (χ3n) is 7.20. The van der Waals surface area contributed by atoms with Crippen molar-refractivity contribution in [2.45, 2.75) is 45.7 Å². The van der Waals surface area contributed by atoms with Crippen molar-refractivity contribution >= 4 is 43.4 Å². The van der Waals surface area contributed by atoms with Crippen LogP contribution in [0, 0.1) is 0 Å². The van der Waals surface area contributed by atoms with Gasteiger partial charge in [0.25, 0.3) is 0 Å². The van der Waals surface area contributed by atoms with Gasteiger partial charge in [-0.1, -0.05) is 6.42 Å². The number of halogens is 1. The van der Waals surface area contributed by atoms with Gasteiger partial charge in [0.05, 0.1) is 27.4 Å². The lowest BCUT2D eigenvalue weighted by molar-refractivity contribution is -0.138. The van der Waals surface area contributed by atoms with Crippen molar-refractivity contribution in [3.63, 3.8) is 0 Å². The molecule has 0 bridgehead atoms. The van der Waals surface area contributed by atoms with E-state index in [9.17, 15) is 4.79 Å². The number of fused-ring (bicyclic) bond motifs is 3. The van der Waals surface area contributed by atoms with E-state index in [1.807, 2.05) is 17.0 Å². The minimum absolute atomic E-state index is 0.0997. The number of hydrogen-bond acceptors (Lipinski definition) is 5. The highest BCUT2D eigenvalue weighted by atomic mass is 79.9. The fraction of sp³-hybridized carbons (Fsp3) is 0.464. The molecule has 188 valence electrons. The maximum atomic E-state index is 13.4. The summed E-state index contributed by atoms with van der Waals surface area (Å²) in [6.07, 6.45) is 3.07. The number of ether oxygens (including phenoxy) is 3. The number of hydrogen-bond donors (Lipinski definition) is 0. The molecule has 0 aliphatic carbocycles. The van der Waals surface area contributed by atoms with Crippen LogP contribution in [0.15, 0.2) is 34.8 Å². The second-order valence-corrected chi connectivity index (χ2v) is 9.74. The van der Waals surface area contributed by atoms with Crippen LogP contribution in [0.1, 0.15) is 38.7 Å². The number of likely N-dealkylation sites (tertiary alicyclic amines) is 1. The van der Waals surface area contributed by atoms with Gasteiger partial charge in [-0.15, -0.1) is 0 Å². The van der Waals surface area contributed by atoms with Crippen molar-refractivity contribution in [3.05, 3.63) is 40.4 Å². The Balaban J connectivity index is 1.90. The van der Waals surface area contributed by atoms with Crippen molar-refractivity contribution in [2.24, 2.45) is 0 Å². The molecule has 1 aliphatic heterocycles. The van der Waals surface area contributed by atoms with Crippen molar-refractivity contribution in [1.82, 2.24) is 9.80 Å². The van der Waals surface area contributed by atoms with Crippen LogP contribution >= 0.6 is 15.9 Å². The average Bonchev–Trinajstić information content (AvgIpc) is 2.90. The van der Waals surface area contributed by atoms with E-state index < -0.39 is 0 Å². The molecular formula is C28H35BrN2O4. The summed E-state index contributed by atoms with van der Waals surface area (Å²) in [5, 5.41) is 4.32. The Bertz CT molecular complexity index is 1230. The lowest BCUT2D eigenvalue weighted by Gasteiger charge is -2.37. The maximum absolute atomic E-state index is 13.4. The second-order valence-electron chi connectivity index (χ2n) is 8.95. The van der Waals surface area contributed by atoms with Gasteiger partial charge in [-0.2, -0.15) is 0 Å². The predicted octanol–water partition coefficient (Wildman–Crippen LogP) is 6.00. The van der Waals surface area contributed by atoms with E-state index in [1.54, 1.807) is 21.3 Å². The van der Waals surface area contributed by atoms with E-state index in [4.69, 9.17) is 14.2 Å². The number of benzene rings is 3. The van der Waals surface area contributed by atoms with E-state index in [0.29, 0.717) is 18.0 Å². The number of rotatable bonds is 8. The molecule has 1 atom stereocenters. The molecule has 0 aromatic heterocycles. The van der Waals surface area contributed by atoms with Crippen LogP contribution in [-0.4, -0.2) is 62.7 Å². The molecule has 7 heteroatoms. The van der Waals surface area contributed by atoms with Crippen LogP contribution in [0.3, 0.4) is 0 Å². The van der Waals surface area contributed by atoms with Crippen LogP contribution in [0.4, 0.5) is 0 Å². The summed E-state index contributed by atoms with van der Waals surface area (Å²) >= 11 is 3.94. The molecule has 35 heavy (non-hydrogen) atoms. The first-order valence-electron chi connectivity index (χ1n) is 12.3. The third-order valence-corrected chi connectivity index (χ3v) is 8.11. The molecule has 1 amide bonds. The van der Waals surface area contributed by atoms with Gasteiger partial charge in [0.1, 0.15) is 5.75 Å². The molecule has 6 nitrogen and oxygen atoms in total. The molecule has 1 fully saturated rings. The smallest absolute Gasteiger partial charge is 0.239 e. The van der Waals surface area contributed by atoms with Gasteiger partial charge in [-0.05, 0) is 107 Å². The zero-order valence-corrected chi connectivity index (χ0v) is 22.9. The predicted molar refractivity (Wildman–Crippen MR) is 145 cm³/mol. The summed E-state index contributed by atoms with van der Waals surface area (Å²) in [6, 6.07) is 10.1. The summed E-state index contributed by atoms with van der Waals surface area (Å²) in [4.78, 5) is 17.7. The van der Waals surface area contributed by atoms with Gasteiger partial charge < -0.3 is 19.1 Å². The summed E-state index contributed by atoms with van der Waals surface area (Å²) in [7, 11) is 5.00. The molecule has 4 rings (SSSR count). The first kappa shape index (κ1) is 25.6. The molecule has 1 aliphatic rings. The standard InChI is InChI=1S/C28H35BrN2O4/c1-6-30(7-2)28(32)24-10-8-9-13-31(24)17-23-22-16-26(35-5)25(34-4)15-21(22)20-14-18(33-3)11-12-19(20)27(23)29/h11-12,14-16,24H,6-10,13,17H2,1-5H3/t24-/m0/s1. The molecule has 3 aromatic carbocycles. The van der Waals surface area contributed by atoms with Crippen LogP contribution < -0.4 is 14.2 Å². The maximum Gasteiger partial charge on any atom is 0.239 e. The number of amides is 1. The summed E-state index contributed by atoms with van der Waals surface area (Å²) in [6.45, 7) is 7.15. The molecule has 0 spiro atoms. The minimum atomic E-state index is -0.0997. The van der Waals surface area contributed by atoms with Gasteiger partial charge in [0.2, 0.25) is 5.91 Å². The zero-order valence-electron chi connectivity index (χ0n) is 21.3.